The molecule has 0 unspecified atom stereocenters. The Kier molecular flexibility index (Phi) is 3.64. The molecule has 0 saturated heterocycles. The average molecular weight is 191 g/mol. The van der Waals surface area contributed by atoms with Gasteiger partial charge in [-0.15, -0.1) is 0 Å². The molecule has 0 radical (unpaired) electrons. The Labute approximate surface area is 84.2 Å². The largest absolute Gasteiger partial charge is 0.207 e. The van der Waals surface area contributed by atoms with Gasteiger partial charge in [-0.05, 0) is 24.0 Å². The Hall–Kier alpha value is -1.36. The minimum atomic E-state index is -0.260. The minimum absolute atomic E-state index is 0.147. The molecule has 0 saturated carbocycles. The van der Waals surface area contributed by atoms with Crippen molar-refractivity contribution in [2.24, 2.45) is 5.92 Å². The topological polar surface area (TPSA) is 23.8 Å². The van der Waals surface area contributed by atoms with Gasteiger partial charge in [-0.2, -0.15) is 5.26 Å². The van der Waals surface area contributed by atoms with Gasteiger partial charge in [0.25, 0.3) is 0 Å². The number of rotatable bonds is 3. The van der Waals surface area contributed by atoms with Gasteiger partial charge in [0, 0.05) is 5.56 Å². The van der Waals surface area contributed by atoms with E-state index in [2.05, 4.69) is 13.8 Å². The highest BCUT2D eigenvalue weighted by atomic mass is 19.1. The third kappa shape index (κ3) is 2.85. The molecule has 1 rings (SSSR count). The van der Waals surface area contributed by atoms with Crippen LogP contribution in [-0.2, 0) is 12.8 Å². The fraction of sp³-hybridized carbons (Fsp3) is 0.417. The van der Waals surface area contributed by atoms with Gasteiger partial charge in [-0.1, -0.05) is 26.0 Å². The third-order valence-corrected chi connectivity index (χ3v) is 2.03. The van der Waals surface area contributed by atoms with Crippen LogP contribution in [0.4, 0.5) is 4.39 Å². The summed E-state index contributed by atoms with van der Waals surface area (Å²) in [5, 5.41) is 8.44. The first kappa shape index (κ1) is 10.7. The van der Waals surface area contributed by atoms with Gasteiger partial charge >= 0.3 is 0 Å². The summed E-state index contributed by atoms with van der Waals surface area (Å²) in [4.78, 5) is 0. The fourth-order valence-electron chi connectivity index (χ4n) is 1.42. The Bertz CT molecular complexity index is 350. The first-order valence-corrected chi connectivity index (χ1v) is 4.77. The summed E-state index contributed by atoms with van der Waals surface area (Å²) in [5.74, 6) is 0.265. The van der Waals surface area contributed by atoms with Crippen molar-refractivity contribution in [3.8, 4) is 6.07 Å². The van der Waals surface area contributed by atoms with Crippen molar-refractivity contribution >= 4 is 0 Å². The summed E-state index contributed by atoms with van der Waals surface area (Å²) in [5.41, 5.74) is 1.49. The zero-order valence-corrected chi connectivity index (χ0v) is 8.55. The third-order valence-electron chi connectivity index (χ3n) is 2.03. The van der Waals surface area contributed by atoms with E-state index in [1.54, 1.807) is 6.07 Å². The molecular formula is C12H14FN. The van der Waals surface area contributed by atoms with Crippen LogP contribution in [0.15, 0.2) is 18.2 Å². The van der Waals surface area contributed by atoms with Crippen molar-refractivity contribution in [3.63, 3.8) is 0 Å². The number of nitrogens with zero attached hydrogens (tertiary/aromatic N) is 1. The monoisotopic (exact) mass is 191 g/mol. The van der Waals surface area contributed by atoms with Gasteiger partial charge < -0.3 is 0 Å². The van der Waals surface area contributed by atoms with Crippen LogP contribution >= 0.6 is 0 Å². The lowest BCUT2D eigenvalue weighted by Crippen LogP contribution is -1.96. The van der Waals surface area contributed by atoms with Gasteiger partial charge in [-0.3, -0.25) is 0 Å². The first-order valence-electron chi connectivity index (χ1n) is 4.77. The lowest BCUT2D eigenvalue weighted by Gasteiger charge is -2.06. The highest BCUT2D eigenvalue weighted by Crippen LogP contribution is 2.14. The quantitative estimate of drug-likeness (QED) is 0.720. The van der Waals surface area contributed by atoms with E-state index < -0.39 is 0 Å². The van der Waals surface area contributed by atoms with E-state index in [0.29, 0.717) is 11.5 Å². The van der Waals surface area contributed by atoms with E-state index in [4.69, 9.17) is 5.26 Å². The van der Waals surface area contributed by atoms with Gasteiger partial charge in [-0.25, -0.2) is 4.39 Å². The summed E-state index contributed by atoms with van der Waals surface area (Å²) >= 11 is 0. The second-order valence-corrected chi connectivity index (χ2v) is 3.86. The number of nitriles is 1. The SMILES string of the molecule is CC(C)Cc1ccc(CC#N)c(F)c1. The smallest absolute Gasteiger partial charge is 0.127 e. The van der Waals surface area contributed by atoms with E-state index in [9.17, 15) is 4.39 Å². The summed E-state index contributed by atoms with van der Waals surface area (Å²) in [7, 11) is 0. The molecule has 0 amide bonds. The maximum absolute atomic E-state index is 13.3. The minimum Gasteiger partial charge on any atom is -0.207 e. The fourth-order valence-corrected chi connectivity index (χ4v) is 1.42. The first-order chi connectivity index (χ1) is 6.63. The Morgan fingerprint density at radius 1 is 1.43 bits per heavy atom. The van der Waals surface area contributed by atoms with E-state index >= 15 is 0 Å². The molecule has 0 aliphatic rings. The second-order valence-electron chi connectivity index (χ2n) is 3.86. The van der Waals surface area contributed by atoms with Crippen LogP contribution in [0, 0.1) is 23.1 Å². The standard InChI is InChI=1S/C12H14FN/c1-9(2)7-10-3-4-11(5-6-14)12(13)8-10/h3-4,8-9H,5,7H2,1-2H3. The summed E-state index contributed by atoms with van der Waals surface area (Å²) < 4.78 is 13.3. The van der Waals surface area contributed by atoms with E-state index in [0.717, 1.165) is 12.0 Å². The van der Waals surface area contributed by atoms with Crippen LogP contribution in [-0.4, -0.2) is 0 Å². The van der Waals surface area contributed by atoms with Crippen molar-refractivity contribution in [1.29, 1.82) is 5.26 Å². The van der Waals surface area contributed by atoms with Gasteiger partial charge in [0.05, 0.1) is 12.5 Å². The lowest BCUT2D eigenvalue weighted by atomic mass is 10.0. The molecular weight excluding hydrogens is 177 g/mol. The Morgan fingerprint density at radius 3 is 2.64 bits per heavy atom. The van der Waals surface area contributed by atoms with Crippen molar-refractivity contribution in [1.82, 2.24) is 0 Å². The highest BCUT2D eigenvalue weighted by molar-refractivity contribution is 5.26. The molecule has 0 N–H and O–H groups in total. The molecule has 0 heterocycles. The summed E-state index contributed by atoms with van der Waals surface area (Å²) in [6.07, 6.45) is 1.03. The molecule has 1 nitrogen and oxygen atoms in total. The van der Waals surface area contributed by atoms with Crippen LogP contribution in [0.2, 0.25) is 0 Å². The molecule has 0 atom stereocenters. The van der Waals surface area contributed by atoms with Crippen LogP contribution in [0.25, 0.3) is 0 Å². The predicted molar refractivity (Wildman–Crippen MR) is 54.3 cm³/mol. The molecule has 0 aliphatic heterocycles. The lowest BCUT2D eigenvalue weighted by molar-refractivity contribution is 0.603. The van der Waals surface area contributed by atoms with Crippen LogP contribution in [0.5, 0.6) is 0 Å². The van der Waals surface area contributed by atoms with E-state index in [1.807, 2.05) is 12.1 Å². The molecule has 14 heavy (non-hydrogen) atoms. The molecule has 74 valence electrons. The molecule has 0 fully saturated rings. The number of benzene rings is 1. The molecule has 0 aromatic heterocycles. The van der Waals surface area contributed by atoms with Crippen molar-refractivity contribution in [3.05, 3.63) is 35.1 Å². The second kappa shape index (κ2) is 4.76. The highest BCUT2D eigenvalue weighted by Gasteiger charge is 2.04. The van der Waals surface area contributed by atoms with Gasteiger partial charge in [0.2, 0.25) is 0 Å². The van der Waals surface area contributed by atoms with Crippen LogP contribution < -0.4 is 0 Å². The Balaban J connectivity index is 2.84. The summed E-state index contributed by atoms with van der Waals surface area (Å²) in [6.45, 7) is 4.20. The summed E-state index contributed by atoms with van der Waals surface area (Å²) in [6, 6.07) is 7.08. The van der Waals surface area contributed by atoms with Crippen molar-refractivity contribution in [2.45, 2.75) is 26.7 Å². The molecule has 1 aromatic carbocycles. The molecule has 1 aromatic rings. The number of hydrogen-bond acceptors (Lipinski definition) is 1. The van der Waals surface area contributed by atoms with Crippen LogP contribution in [0.1, 0.15) is 25.0 Å². The van der Waals surface area contributed by atoms with Crippen molar-refractivity contribution < 1.29 is 4.39 Å². The van der Waals surface area contributed by atoms with Gasteiger partial charge in [0.1, 0.15) is 5.82 Å². The van der Waals surface area contributed by atoms with E-state index in [1.165, 1.54) is 6.07 Å². The zero-order chi connectivity index (χ0) is 10.6. The normalized spacial score (nSPS) is 10.2. The molecule has 2 heteroatoms. The average Bonchev–Trinajstić information content (AvgIpc) is 2.09. The van der Waals surface area contributed by atoms with Crippen LogP contribution in [0.3, 0.4) is 0 Å². The number of hydrogen-bond donors (Lipinski definition) is 0. The zero-order valence-electron chi connectivity index (χ0n) is 8.55. The molecule has 0 spiro atoms. The Morgan fingerprint density at radius 2 is 2.14 bits per heavy atom. The van der Waals surface area contributed by atoms with Crippen molar-refractivity contribution in [2.75, 3.05) is 0 Å². The maximum atomic E-state index is 13.3. The number of halogens is 1. The maximum Gasteiger partial charge on any atom is 0.127 e. The predicted octanol–water partition coefficient (Wildman–Crippen LogP) is 3.09. The molecule has 0 bridgehead atoms. The van der Waals surface area contributed by atoms with E-state index in [-0.39, 0.29) is 12.2 Å². The van der Waals surface area contributed by atoms with Gasteiger partial charge in [0.15, 0.2) is 0 Å². The molecule has 0 aliphatic carbocycles.